The van der Waals surface area contributed by atoms with Crippen molar-refractivity contribution in [1.29, 1.82) is 0 Å². The number of carbonyl (C=O) groups excluding carboxylic acids is 1. The largest absolute Gasteiger partial charge is 0.302 e. The number of hydrogen-bond donors (Lipinski definition) is 1. The van der Waals surface area contributed by atoms with E-state index in [4.69, 9.17) is 0 Å². The summed E-state index contributed by atoms with van der Waals surface area (Å²) in [4.78, 5) is 16.4. The van der Waals surface area contributed by atoms with Crippen LogP contribution in [0.1, 0.15) is 38.5 Å². The summed E-state index contributed by atoms with van der Waals surface area (Å²) >= 11 is 3.32. The van der Waals surface area contributed by atoms with Crippen molar-refractivity contribution >= 4 is 34.1 Å². The number of halogens is 1. The molecule has 1 fully saturated rings. The van der Waals surface area contributed by atoms with Crippen LogP contribution in [0.25, 0.3) is 11.3 Å². The lowest BCUT2D eigenvalue weighted by atomic mass is 10.0. The summed E-state index contributed by atoms with van der Waals surface area (Å²) in [7, 11) is 0. The number of thioether (sulfide) groups is 1. The molecular formula is C18H21FN2OS2. The van der Waals surface area contributed by atoms with E-state index in [0.29, 0.717) is 11.6 Å². The minimum atomic E-state index is -0.266. The van der Waals surface area contributed by atoms with E-state index < -0.39 is 0 Å². The number of benzene rings is 1. The SMILES string of the molecule is O=C(CCSC1CCCCC1)Nc1nc(-c2ccc(F)cc2)cs1. The van der Waals surface area contributed by atoms with Crippen LogP contribution in [-0.4, -0.2) is 21.9 Å². The Balaban J connectivity index is 1.45. The Hall–Kier alpha value is -1.40. The summed E-state index contributed by atoms with van der Waals surface area (Å²) in [5, 5.41) is 6.07. The summed E-state index contributed by atoms with van der Waals surface area (Å²) < 4.78 is 13.0. The molecule has 1 aromatic carbocycles. The molecule has 3 rings (SSSR count). The van der Waals surface area contributed by atoms with Gasteiger partial charge in [0.2, 0.25) is 5.91 Å². The summed E-state index contributed by atoms with van der Waals surface area (Å²) in [6, 6.07) is 6.21. The maximum atomic E-state index is 13.0. The number of rotatable bonds is 6. The molecule has 1 aliphatic carbocycles. The van der Waals surface area contributed by atoms with Crippen molar-refractivity contribution in [3.05, 3.63) is 35.5 Å². The van der Waals surface area contributed by atoms with Crippen LogP contribution in [0.2, 0.25) is 0 Å². The predicted octanol–water partition coefficient (Wildman–Crippen LogP) is 5.34. The fraction of sp³-hybridized carbons (Fsp3) is 0.444. The van der Waals surface area contributed by atoms with Crippen LogP contribution in [0, 0.1) is 5.82 Å². The average Bonchev–Trinajstić information content (AvgIpc) is 3.05. The second-order valence-electron chi connectivity index (χ2n) is 5.97. The fourth-order valence-electron chi connectivity index (χ4n) is 2.82. The monoisotopic (exact) mass is 364 g/mol. The van der Waals surface area contributed by atoms with Crippen molar-refractivity contribution in [1.82, 2.24) is 4.98 Å². The molecule has 1 saturated carbocycles. The van der Waals surface area contributed by atoms with Crippen molar-refractivity contribution in [3.8, 4) is 11.3 Å². The van der Waals surface area contributed by atoms with E-state index in [0.717, 1.165) is 22.3 Å². The Labute approximate surface area is 150 Å². The van der Waals surface area contributed by atoms with E-state index >= 15 is 0 Å². The molecule has 3 nitrogen and oxygen atoms in total. The van der Waals surface area contributed by atoms with Gasteiger partial charge in [0.1, 0.15) is 5.82 Å². The lowest BCUT2D eigenvalue weighted by Crippen LogP contribution is -2.14. The first-order valence-electron chi connectivity index (χ1n) is 8.33. The van der Waals surface area contributed by atoms with Gasteiger partial charge in [0.25, 0.3) is 0 Å². The Morgan fingerprint density at radius 2 is 2.00 bits per heavy atom. The maximum absolute atomic E-state index is 13.0. The highest BCUT2D eigenvalue weighted by Crippen LogP contribution is 2.29. The quantitative estimate of drug-likeness (QED) is 0.752. The average molecular weight is 365 g/mol. The summed E-state index contributed by atoms with van der Waals surface area (Å²) in [5.41, 5.74) is 1.60. The zero-order chi connectivity index (χ0) is 16.8. The second-order valence-corrected chi connectivity index (χ2v) is 8.24. The molecule has 128 valence electrons. The zero-order valence-electron chi connectivity index (χ0n) is 13.5. The number of thiazole rings is 1. The highest BCUT2D eigenvalue weighted by Gasteiger charge is 2.14. The molecule has 1 aromatic heterocycles. The van der Waals surface area contributed by atoms with E-state index in [1.165, 1.54) is 55.6 Å². The molecule has 1 amide bonds. The van der Waals surface area contributed by atoms with Gasteiger partial charge in [-0.15, -0.1) is 11.3 Å². The first-order valence-corrected chi connectivity index (χ1v) is 10.3. The molecule has 24 heavy (non-hydrogen) atoms. The van der Waals surface area contributed by atoms with Crippen LogP contribution in [0.3, 0.4) is 0 Å². The number of nitrogens with one attached hydrogen (secondary N) is 1. The standard InChI is InChI=1S/C18H21FN2OS2/c19-14-8-6-13(7-9-14)16-12-24-18(20-16)21-17(22)10-11-23-15-4-2-1-3-5-15/h6-9,12,15H,1-5,10-11H2,(H,20,21,22). The minimum Gasteiger partial charge on any atom is -0.302 e. The Morgan fingerprint density at radius 1 is 1.25 bits per heavy atom. The third kappa shape index (κ3) is 5.05. The lowest BCUT2D eigenvalue weighted by Gasteiger charge is -2.20. The van der Waals surface area contributed by atoms with Gasteiger partial charge in [0.05, 0.1) is 5.69 Å². The van der Waals surface area contributed by atoms with Gasteiger partial charge in [-0.2, -0.15) is 11.8 Å². The fourth-order valence-corrected chi connectivity index (χ4v) is 4.86. The van der Waals surface area contributed by atoms with Crippen molar-refractivity contribution in [2.75, 3.05) is 11.1 Å². The zero-order valence-corrected chi connectivity index (χ0v) is 15.1. The number of anilines is 1. The molecule has 1 N–H and O–H groups in total. The number of aromatic nitrogens is 1. The van der Waals surface area contributed by atoms with Crippen molar-refractivity contribution < 1.29 is 9.18 Å². The Bertz CT molecular complexity index is 666. The van der Waals surface area contributed by atoms with Gasteiger partial charge in [0.15, 0.2) is 5.13 Å². The van der Waals surface area contributed by atoms with Crippen LogP contribution in [-0.2, 0) is 4.79 Å². The first kappa shape index (κ1) is 17.4. The highest BCUT2D eigenvalue weighted by molar-refractivity contribution is 7.99. The number of amides is 1. The van der Waals surface area contributed by atoms with Gasteiger partial charge in [-0.05, 0) is 37.1 Å². The van der Waals surface area contributed by atoms with Crippen LogP contribution in [0.4, 0.5) is 9.52 Å². The van der Waals surface area contributed by atoms with Crippen LogP contribution in [0.5, 0.6) is 0 Å². The van der Waals surface area contributed by atoms with Gasteiger partial charge < -0.3 is 5.32 Å². The molecule has 0 radical (unpaired) electrons. The molecule has 0 bridgehead atoms. The summed E-state index contributed by atoms with van der Waals surface area (Å²) in [6.45, 7) is 0. The molecule has 1 aliphatic rings. The number of nitrogens with zero attached hydrogens (tertiary/aromatic N) is 1. The molecule has 2 aromatic rings. The Kier molecular flexibility index (Phi) is 6.26. The molecule has 0 saturated heterocycles. The van der Waals surface area contributed by atoms with E-state index in [9.17, 15) is 9.18 Å². The van der Waals surface area contributed by atoms with E-state index in [2.05, 4.69) is 10.3 Å². The Morgan fingerprint density at radius 3 is 2.75 bits per heavy atom. The topological polar surface area (TPSA) is 42.0 Å². The van der Waals surface area contributed by atoms with Crippen molar-refractivity contribution in [2.45, 2.75) is 43.8 Å². The first-order chi connectivity index (χ1) is 11.7. The van der Waals surface area contributed by atoms with Crippen LogP contribution >= 0.6 is 23.1 Å². The number of hydrogen-bond acceptors (Lipinski definition) is 4. The molecule has 0 aliphatic heterocycles. The third-order valence-electron chi connectivity index (χ3n) is 4.13. The predicted molar refractivity (Wildman–Crippen MR) is 100 cm³/mol. The molecule has 1 heterocycles. The van der Waals surface area contributed by atoms with E-state index in [-0.39, 0.29) is 11.7 Å². The maximum Gasteiger partial charge on any atom is 0.226 e. The molecular weight excluding hydrogens is 343 g/mol. The van der Waals surface area contributed by atoms with Gasteiger partial charge in [0, 0.05) is 28.4 Å². The summed E-state index contributed by atoms with van der Waals surface area (Å²) in [6.07, 6.45) is 7.12. The van der Waals surface area contributed by atoms with Gasteiger partial charge >= 0.3 is 0 Å². The third-order valence-corrected chi connectivity index (χ3v) is 6.27. The van der Waals surface area contributed by atoms with Crippen LogP contribution < -0.4 is 5.32 Å². The van der Waals surface area contributed by atoms with E-state index in [1.807, 2.05) is 17.1 Å². The van der Waals surface area contributed by atoms with Crippen molar-refractivity contribution in [3.63, 3.8) is 0 Å². The normalized spacial score (nSPS) is 15.4. The smallest absolute Gasteiger partial charge is 0.226 e. The minimum absolute atomic E-state index is 0.0123. The number of carbonyl (C=O) groups is 1. The lowest BCUT2D eigenvalue weighted by molar-refractivity contribution is -0.115. The van der Waals surface area contributed by atoms with Crippen molar-refractivity contribution in [2.24, 2.45) is 0 Å². The molecule has 0 unspecified atom stereocenters. The van der Waals surface area contributed by atoms with Gasteiger partial charge in [-0.25, -0.2) is 9.37 Å². The molecule has 0 atom stereocenters. The summed E-state index contributed by atoms with van der Waals surface area (Å²) in [5.74, 6) is 0.614. The highest BCUT2D eigenvalue weighted by atomic mass is 32.2. The van der Waals surface area contributed by atoms with Crippen LogP contribution in [0.15, 0.2) is 29.6 Å². The van der Waals surface area contributed by atoms with Gasteiger partial charge in [-0.1, -0.05) is 19.3 Å². The molecule has 6 heteroatoms. The van der Waals surface area contributed by atoms with E-state index in [1.54, 1.807) is 12.1 Å². The van der Waals surface area contributed by atoms with Gasteiger partial charge in [-0.3, -0.25) is 4.79 Å². The molecule has 0 spiro atoms. The second kappa shape index (κ2) is 8.62.